The number of hydrogen-bond acceptors (Lipinski definition) is 2. The predicted octanol–water partition coefficient (Wildman–Crippen LogP) is 1.89. The highest BCUT2D eigenvalue weighted by Gasteiger charge is 2.18. The summed E-state index contributed by atoms with van der Waals surface area (Å²) < 4.78 is 25.8. The van der Waals surface area contributed by atoms with E-state index < -0.39 is 23.6 Å². The lowest BCUT2D eigenvalue weighted by Crippen LogP contribution is -2.39. The van der Waals surface area contributed by atoms with E-state index >= 15 is 0 Å². The Balaban J connectivity index is 2.77. The molecule has 16 heavy (non-hydrogen) atoms. The molecule has 1 amide bonds. The van der Waals surface area contributed by atoms with Gasteiger partial charge in [0.25, 0.3) is 0 Å². The normalized spacial score (nSPS) is 12.6. The number of anilines is 1. The standard InChI is InChI=1S/C11H14F2N2O/c1-6(2)10(14)11(16)15-9-4-3-7(12)5-8(9)13/h3-6,10H,14H2,1-2H3,(H,15,16)/t10-/m0/s1. The molecule has 0 spiro atoms. The Kier molecular flexibility index (Phi) is 3.95. The van der Waals surface area contributed by atoms with Crippen molar-refractivity contribution >= 4 is 11.6 Å². The third-order valence-corrected chi connectivity index (χ3v) is 2.21. The lowest BCUT2D eigenvalue weighted by molar-refractivity contribution is -0.118. The van der Waals surface area contributed by atoms with Crippen molar-refractivity contribution in [3.63, 3.8) is 0 Å². The van der Waals surface area contributed by atoms with Gasteiger partial charge >= 0.3 is 0 Å². The van der Waals surface area contributed by atoms with Crippen LogP contribution in [0.4, 0.5) is 14.5 Å². The first-order valence-electron chi connectivity index (χ1n) is 4.93. The molecule has 0 unspecified atom stereocenters. The first-order valence-corrected chi connectivity index (χ1v) is 4.93. The summed E-state index contributed by atoms with van der Waals surface area (Å²) in [5, 5.41) is 2.31. The van der Waals surface area contributed by atoms with Crippen LogP contribution >= 0.6 is 0 Å². The quantitative estimate of drug-likeness (QED) is 0.830. The zero-order valence-corrected chi connectivity index (χ0v) is 9.13. The van der Waals surface area contributed by atoms with Crippen LogP contribution in [0.5, 0.6) is 0 Å². The fourth-order valence-electron chi connectivity index (χ4n) is 1.11. The Labute approximate surface area is 92.6 Å². The van der Waals surface area contributed by atoms with E-state index in [1.807, 2.05) is 0 Å². The molecule has 1 rings (SSSR count). The lowest BCUT2D eigenvalue weighted by atomic mass is 10.0. The molecule has 0 saturated carbocycles. The van der Waals surface area contributed by atoms with E-state index in [0.29, 0.717) is 6.07 Å². The summed E-state index contributed by atoms with van der Waals surface area (Å²) in [6, 6.07) is 2.22. The third-order valence-electron chi connectivity index (χ3n) is 2.21. The van der Waals surface area contributed by atoms with E-state index in [4.69, 9.17) is 5.73 Å². The van der Waals surface area contributed by atoms with Crippen LogP contribution < -0.4 is 11.1 Å². The molecule has 1 atom stereocenters. The molecular formula is C11H14F2N2O. The molecule has 0 aliphatic carbocycles. The number of hydrogen-bond donors (Lipinski definition) is 2. The van der Waals surface area contributed by atoms with Gasteiger partial charge in [0.1, 0.15) is 11.6 Å². The Morgan fingerprint density at radius 1 is 1.38 bits per heavy atom. The van der Waals surface area contributed by atoms with Crippen molar-refractivity contribution in [1.82, 2.24) is 0 Å². The average Bonchev–Trinajstić information content (AvgIpc) is 2.20. The summed E-state index contributed by atoms with van der Waals surface area (Å²) in [6.07, 6.45) is 0. The van der Waals surface area contributed by atoms with Gasteiger partial charge in [0.05, 0.1) is 11.7 Å². The molecular weight excluding hydrogens is 214 g/mol. The molecule has 0 heterocycles. The molecule has 0 saturated heterocycles. The largest absolute Gasteiger partial charge is 0.322 e. The van der Waals surface area contributed by atoms with E-state index in [2.05, 4.69) is 5.32 Å². The number of carbonyl (C=O) groups is 1. The van der Waals surface area contributed by atoms with E-state index in [1.54, 1.807) is 13.8 Å². The molecule has 3 nitrogen and oxygen atoms in total. The molecule has 0 bridgehead atoms. The number of rotatable bonds is 3. The van der Waals surface area contributed by atoms with E-state index in [1.165, 1.54) is 0 Å². The maximum Gasteiger partial charge on any atom is 0.241 e. The number of nitrogens with two attached hydrogens (primary N) is 1. The topological polar surface area (TPSA) is 55.1 Å². The van der Waals surface area contributed by atoms with Crippen molar-refractivity contribution in [3.05, 3.63) is 29.8 Å². The maximum absolute atomic E-state index is 13.2. The number of nitrogens with one attached hydrogen (secondary N) is 1. The minimum absolute atomic E-state index is 0.0523. The lowest BCUT2D eigenvalue weighted by Gasteiger charge is -2.15. The minimum atomic E-state index is -0.815. The first-order chi connectivity index (χ1) is 7.41. The third kappa shape index (κ3) is 3.00. The van der Waals surface area contributed by atoms with Crippen LogP contribution in [0.1, 0.15) is 13.8 Å². The van der Waals surface area contributed by atoms with E-state index in [-0.39, 0.29) is 11.6 Å². The predicted molar refractivity (Wildman–Crippen MR) is 57.8 cm³/mol. The van der Waals surface area contributed by atoms with Crippen LogP contribution in [0.15, 0.2) is 18.2 Å². The summed E-state index contributed by atoms with van der Waals surface area (Å²) in [7, 11) is 0. The Bertz CT molecular complexity index is 394. The number of halogens is 2. The Morgan fingerprint density at radius 2 is 2.00 bits per heavy atom. The summed E-state index contributed by atoms with van der Waals surface area (Å²) in [6.45, 7) is 3.57. The number of carbonyl (C=O) groups excluding carboxylic acids is 1. The van der Waals surface area contributed by atoms with Crippen molar-refractivity contribution in [2.45, 2.75) is 19.9 Å². The molecule has 1 aromatic carbocycles. The van der Waals surface area contributed by atoms with Gasteiger partial charge in [-0.05, 0) is 18.1 Å². The molecule has 0 aliphatic heterocycles. The van der Waals surface area contributed by atoms with Gasteiger partial charge in [0, 0.05) is 6.07 Å². The van der Waals surface area contributed by atoms with Gasteiger partial charge < -0.3 is 11.1 Å². The van der Waals surface area contributed by atoms with Gasteiger partial charge in [-0.1, -0.05) is 13.8 Å². The highest BCUT2D eigenvalue weighted by Crippen LogP contribution is 2.15. The second kappa shape index (κ2) is 5.03. The maximum atomic E-state index is 13.2. The molecule has 5 heteroatoms. The summed E-state index contributed by atoms with van der Waals surface area (Å²) in [5.74, 6) is -2.04. The van der Waals surface area contributed by atoms with Crippen LogP contribution in [0, 0.1) is 17.6 Å². The van der Waals surface area contributed by atoms with Crippen molar-refractivity contribution in [1.29, 1.82) is 0 Å². The molecule has 0 aromatic heterocycles. The molecule has 3 N–H and O–H groups in total. The summed E-state index contributed by atoms with van der Waals surface area (Å²) >= 11 is 0. The van der Waals surface area contributed by atoms with Crippen LogP contribution in [0.25, 0.3) is 0 Å². The van der Waals surface area contributed by atoms with Crippen LogP contribution in [-0.2, 0) is 4.79 Å². The van der Waals surface area contributed by atoms with Gasteiger partial charge in [-0.3, -0.25) is 4.79 Å². The fourth-order valence-corrected chi connectivity index (χ4v) is 1.11. The van der Waals surface area contributed by atoms with Gasteiger partial charge in [-0.2, -0.15) is 0 Å². The first kappa shape index (κ1) is 12.6. The monoisotopic (exact) mass is 228 g/mol. The molecule has 1 aromatic rings. The van der Waals surface area contributed by atoms with Crippen molar-refractivity contribution in [2.24, 2.45) is 11.7 Å². The Hall–Kier alpha value is -1.49. The van der Waals surface area contributed by atoms with Gasteiger partial charge in [0.15, 0.2) is 0 Å². The van der Waals surface area contributed by atoms with E-state index in [0.717, 1.165) is 12.1 Å². The smallest absolute Gasteiger partial charge is 0.241 e. The second-order valence-electron chi connectivity index (χ2n) is 3.88. The van der Waals surface area contributed by atoms with Crippen LogP contribution in [0.3, 0.4) is 0 Å². The van der Waals surface area contributed by atoms with Crippen molar-refractivity contribution in [3.8, 4) is 0 Å². The zero-order valence-electron chi connectivity index (χ0n) is 9.13. The molecule has 0 fully saturated rings. The average molecular weight is 228 g/mol. The molecule has 0 radical (unpaired) electrons. The highest BCUT2D eigenvalue weighted by molar-refractivity contribution is 5.94. The highest BCUT2D eigenvalue weighted by atomic mass is 19.1. The molecule has 0 aliphatic rings. The summed E-state index contributed by atoms with van der Waals surface area (Å²) in [5.41, 5.74) is 5.51. The number of amides is 1. The van der Waals surface area contributed by atoms with Crippen LogP contribution in [-0.4, -0.2) is 11.9 Å². The SMILES string of the molecule is CC(C)[C@H](N)C(=O)Nc1ccc(F)cc1F. The van der Waals surface area contributed by atoms with Crippen LogP contribution in [0.2, 0.25) is 0 Å². The van der Waals surface area contributed by atoms with Crippen molar-refractivity contribution < 1.29 is 13.6 Å². The van der Waals surface area contributed by atoms with Gasteiger partial charge in [0.2, 0.25) is 5.91 Å². The fraction of sp³-hybridized carbons (Fsp3) is 0.364. The van der Waals surface area contributed by atoms with Crippen molar-refractivity contribution in [2.75, 3.05) is 5.32 Å². The van der Waals surface area contributed by atoms with E-state index in [9.17, 15) is 13.6 Å². The Morgan fingerprint density at radius 3 is 2.50 bits per heavy atom. The number of benzene rings is 1. The zero-order chi connectivity index (χ0) is 12.3. The second-order valence-corrected chi connectivity index (χ2v) is 3.88. The summed E-state index contributed by atoms with van der Waals surface area (Å²) in [4.78, 5) is 11.5. The molecule has 88 valence electrons. The van der Waals surface area contributed by atoms with Gasteiger partial charge in [-0.15, -0.1) is 0 Å². The van der Waals surface area contributed by atoms with Gasteiger partial charge in [-0.25, -0.2) is 8.78 Å². The minimum Gasteiger partial charge on any atom is -0.322 e.